The fourth-order valence-corrected chi connectivity index (χ4v) is 1.36. The Morgan fingerprint density at radius 2 is 2.00 bits per heavy atom. The average molecular weight is 207 g/mol. The maximum Gasteiger partial charge on any atom is 0.254 e. The maximum atomic E-state index is 11.6. The van der Waals surface area contributed by atoms with Crippen LogP contribution in [0.2, 0.25) is 0 Å². The number of hydrazine groups is 1. The molecule has 1 aromatic rings. The molecule has 0 saturated heterocycles. The summed E-state index contributed by atoms with van der Waals surface area (Å²) in [6.45, 7) is 1.71. The van der Waals surface area contributed by atoms with Gasteiger partial charge in [-0.05, 0) is 18.9 Å². The first kappa shape index (κ1) is 11.7. The Labute approximate surface area is 89.8 Å². The van der Waals surface area contributed by atoms with E-state index in [2.05, 4.69) is 10.9 Å². The summed E-state index contributed by atoms with van der Waals surface area (Å²) in [6, 6.07) is 9.71. The quantitative estimate of drug-likeness (QED) is 0.618. The van der Waals surface area contributed by atoms with Gasteiger partial charge < -0.3 is 5.73 Å². The molecule has 0 aliphatic heterocycles. The van der Waals surface area contributed by atoms with Crippen LogP contribution in [0.4, 0.5) is 0 Å². The Kier molecular flexibility index (Phi) is 3.82. The highest BCUT2D eigenvalue weighted by molar-refractivity contribution is 5.85. The minimum Gasteiger partial charge on any atom is -0.317 e. The van der Waals surface area contributed by atoms with Crippen molar-refractivity contribution in [3.05, 3.63) is 35.9 Å². The highest BCUT2D eigenvalue weighted by Gasteiger charge is 2.28. The first-order valence-corrected chi connectivity index (χ1v) is 4.86. The van der Waals surface area contributed by atoms with E-state index in [1.165, 1.54) is 0 Å². The molecule has 0 radical (unpaired) electrons. The molecule has 0 unspecified atom stereocenters. The smallest absolute Gasteiger partial charge is 0.254 e. The Morgan fingerprint density at radius 1 is 1.40 bits per heavy atom. The zero-order valence-corrected chi connectivity index (χ0v) is 9.08. The van der Waals surface area contributed by atoms with Gasteiger partial charge in [0.25, 0.3) is 5.91 Å². The molecule has 0 saturated carbocycles. The van der Waals surface area contributed by atoms with Crippen molar-refractivity contribution in [2.75, 3.05) is 7.05 Å². The molecule has 1 amide bonds. The number of carbonyl (C=O) groups excluding carboxylic acids is 1. The van der Waals surface area contributed by atoms with Gasteiger partial charge in [0.1, 0.15) is 0 Å². The van der Waals surface area contributed by atoms with Gasteiger partial charge in [0.05, 0.1) is 5.54 Å². The van der Waals surface area contributed by atoms with Crippen LogP contribution in [0.25, 0.3) is 0 Å². The summed E-state index contributed by atoms with van der Waals surface area (Å²) < 4.78 is 0. The molecule has 0 aliphatic carbocycles. The molecule has 0 fully saturated rings. The monoisotopic (exact) mass is 207 g/mol. The van der Waals surface area contributed by atoms with Gasteiger partial charge in [0, 0.05) is 7.05 Å². The van der Waals surface area contributed by atoms with Crippen molar-refractivity contribution in [3.8, 4) is 0 Å². The van der Waals surface area contributed by atoms with E-state index in [1.54, 1.807) is 14.0 Å². The molecule has 1 atom stereocenters. The number of amides is 1. The Hall–Kier alpha value is -1.39. The number of nitrogens with two attached hydrogens (primary N) is 1. The number of hydrogen-bond donors (Lipinski definition) is 3. The minimum atomic E-state index is -0.898. The van der Waals surface area contributed by atoms with Gasteiger partial charge in [0.2, 0.25) is 0 Å². The molecule has 82 valence electrons. The van der Waals surface area contributed by atoms with Crippen LogP contribution in [0.15, 0.2) is 30.3 Å². The summed E-state index contributed by atoms with van der Waals surface area (Å²) in [5, 5.41) is 0. The van der Waals surface area contributed by atoms with E-state index >= 15 is 0 Å². The second-order valence-electron chi connectivity index (χ2n) is 3.78. The van der Waals surface area contributed by atoms with Gasteiger partial charge in [-0.25, -0.2) is 5.43 Å². The molecule has 0 bridgehead atoms. The van der Waals surface area contributed by atoms with Crippen molar-refractivity contribution < 1.29 is 4.79 Å². The van der Waals surface area contributed by atoms with Gasteiger partial charge in [-0.2, -0.15) is 0 Å². The second kappa shape index (κ2) is 4.91. The molecule has 0 aromatic heterocycles. The predicted molar refractivity (Wildman–Crippen MR) is 59.9 cm³/mol. The fourth-order valence-electron chi connectivity index (χ4n) is 1.36. The van der Waals surface area contributed by atoms with E-state index in [0.29, 0.717) is 6.42 Å². The molecular formula is C11H17N3O. The van der Waals surface area contributed by atoms with Crippen LogP contribution in [0.5, 0.6) is 0 Å². The topological polar surface area (TPSA) is 67.1 Å². The van der Waals surface area contributed by atoms with E-state index < -0.39 is 5.54 Å². The molecule has 1 aromatic carbocycles. The largest absolute Gasteiger partial charge is 0.317 e. The van der Waals surface area contributed by atoms with Crippen LogP contribution >= 0.6 is 0 Å². The van der Waals surface area contributed by atoms with Gasteiger partial charge in [-0.15, -0.1) is 0 Å². The summed E-state index contributed by atoms with van der Waals surface area (Å²) in [5.41, 5.74) is 11.1. The number of hydrogen-bond acceptors (Lipinski definition) is 3. The van der Waals surface area contributed by atoms with E-state index in [4.69, 9.17) is 5.73 Å². The van der Waals surface area contributed by atoms with Crippen LogP contribution in [-0.4, -0.2) is 18.5 Å². The van der Waals surface area contributed by atoms with Crippen LogP contribution in [0.1, 0.15) is 12.5 Å². The number of nitrogens with one attached hydrogen (secondary N) is 2. The molecule has 4 N–H and O–H groups in total. The third kappa shape index (κ3) is 3.34. The second-order valence-corrected chi connectivity index (χ2v) is 3.78. The molecule has 0 spiro atoms. The van der Waals surface area contributed by atoms with Crippen molar-refractivity contribution in [3.63, 3.8) is 0 Å². The number of carbonyl (C=O) groups is 1. The van der Waals surface area contributed by atoms with E-state index in [-0.39, 0.29) is 5.91 Å². The van der Waals surface area contributed by atoms with Crippen molar-refractivity contribution >= 4 is 5.91 Å². The number of rotatable bonds is 4. The van der Waals surface area contributed by atoms with Crippen molar-refractivity contribution in [2.24, 2.45) is 5.73 Å². The van der Waals surface area contributed by atoms with E-state index in [1.807, 2.05) is 30.3 Å². The van der Waals surface area contributed by atoms with Gasteiger partial charge >= 0.3 is 0 Å². The normalized spacial score (nSPS) is 14.3. The van der Waals surface area contributed by atoms with E-state index in [0.717, 1.165) is 5.56 Å². The lowest BCUT2D eigenvalue weighted by atomic mass is 9.93. The molecule has 0 heterocycles. The Morgan fingerprint density at radius 3 is 2.53 bits per heavy atom. The zero-order chi connectivity index (χ0) is 11.3. The SMILES string of the molecule is CNNC(=O)[C@](C)(N)Cc1ccccc1. The zero-order valence-electron chi connectivity index (χ0n) is 9.08. The summed E-state index contributed by atoms with van der Waals surface area (Å²) >= 11 is 0. The highest BCUT2D eigenvalue weighted by Crippen LogP contribution is 2.10. The summed E-state index contributed by atoms with van der Waals surface area (Å²) in [5.74, 6) is -0.214. The van der Waals surface area contributed by atoms with Crippen LogP contribution in [0, 0.1) is 0 Å². The molecule has 15 heavy (non-hydrogen) atoms. The fraction of sp³-hybridized carbons (Fsp3) is 0.364. The molecule has 1 rings (SSSR count). The third-order valence-corrected chi connectivity index (χ3v) is 2.17. The summed E-state index contributed by atoms with van der Waals surface area (Å²) in [7, 11) is 1.64. The van der Waals surface area contributed by atoms with Gasteiger partial charge in [0.15, 0.2) is 0 Å². The van der Waals surface area contributed by atoms with Crippen molar-refractivity contribution in [1.82, 2.24) is 10.9 Å². The van der Waals surface area contributed by atoms with Crippen LogP contribution < -0.4 is 16.6 Å². The van der Waals surface area contributed by atoms with Gasteiger partial charge in [-0.3, -0.25) is 10.2 Å². The van der Waals surface area contributed by atoms with Crippen LogP contribution in [0.3, 0.4) is 0 Å². The maximum absolute atomic E-state index is 11.6. The average Bonchev–Trinajstić information content (AvgIpc) is 2.19. The van der Waals surface area contributed by atoms with Crippen molar-refractivity contribution in [1.29, 1.82) is 0 Å². The van der Waals surface area contributed by atoms with Crippen LogP contribution in [-0.2, 0) is 11.2 Å². The van der Waals surface area contributed by atoms with E-state index in [9.17, 15) is 4.79 Å². The standard InChI is InChI=1S/C11H17N3O/c1-11(12,10(15)14-13-2)8-9-6-4-3-5-7-9/h3-7,13H,8,12H2,1-2H3,(H,14,15)/t11-/m1/s1. The third-order valence-electron chi connectivity index (χ3n) is 2.17. The highest BCUT2D eigenvalue weighted by atomic mass is 16.2. The summed E-state index contributed by atoms with van der Waals surface area (Å²) in [4.78, 5) is 11.6. The lowest BCUT2D eigenvalue weighted by Gasteiger charge is -2.23. The minimum absolute atomic E-state index is 0.214. The lowest BCUT2D eigenvalue weighted by Crippen LogP contribution is -2.55. The molecule has 0 aliphatic rings. The molecule has 4 nitrogen and oxygen atoms in total. The lowest BCUT2D eigenvalue weighted by molar-refractivity contribution is -0.126. The summed E-state index contributed by atoms with van der Waals surface area (Å²) in [6.07, 6.45) is 0.515. The van der Waals surface area contributed by atoms with Gasteiger partial charge in [-0.1, -0.05) is 30.3 Å². The first-order valence-electron chi connectivity index (χ1n) is 4.86. The Bertz CT molecular complexity index is 322. The first-order chi connectivity index (χ1) is 7.06. The molecular weight excluding hydrogens is 190 g/mol. The van der Waals surface area contributed by atoms with Crippen molar-refractivity contribution in [2.45, 2.75) is 18.9 Å². The Balaban J connectivity index is 2.68. The molecule has 4 heteroatoms. The number of benzene rings is 1. The predicted octanol–water partition coefficient (Wildman–Crippen LogP) is 0.197.